The van der Waals surface area contributed by atoms with Gasteiger partial charge in [0.25, 0.3) is 0 Å². The second kappa shape index (κ2) is 7.31. The highest BCUT2D eigenvalue weighted by atomic mass is 79.9. The Kier molecular flexibility index (Phi) is 5.97. The lowest BCUT2D eigenvalue weighted by atomic mass is 9.79. The summed E-state index contributed by atoms with van der Waals surface area (Å²) < 4.78 is 2.12. The fraction of sp³-hybridized carbons (Fsp3) is 0.250. The van der Waals surface area contributed by atoms with Crippen LogP contribution in [-0.4, -0.2) is 11.8 Å². The normalized spacial score (nSPS) is 11.6. The Morgan fingerprint density at radius 3 is 2.20 bits per heavy atom. The van der Waals surface area contributed by atoms with E-state index in [2.05, 4.69) is 50.1 Å². The average Bonchev–Trinajstić information content (AvgIpc) is 2.46. The zero-order chi connectivity index (χ0) is 14.6. The van der Waals surface area contributed by atoms with E-state index in [9.17, 15) is 0 Å². The molecule has 0 aliphatic rings. The molecule has 20 heavy (non-hydrogen) atoms. The number of alkyl halides is 2. The maximum Gasteiger partial charge on any atom is 0.0335 e. The first kappa shape index (κ1) is 16.4. The molecule has 0 radical (unpaired) electrons. The third-order valence-electron chi connectivity index (χ3n) is 3.39. The molecule has 2 aromatic carbocycles. The van der Waals surface area contributed by atoms with Gasteiger partial charge in [0.05, 0.1) is 0 Å². The predicted molar refractivity (Wildman–Crippen MR) is 95.1 cm³/mol. The van der Waals surface area contributed by atoms with E-state index in [1.165, 1.54) is 5.56 Å². The monoisotopic (exact) mass is 434 g/mol. The third kappa shape index (κ3) is 3.59. The fourth-order valence-corrected chi connectivity index (χ4v) is 4.21. The summed E-state index contributed by atoms with van der Waals surface area (Å²) in [5.74, 6) is 0.956. The zero-order valence-corrected chi connectivity index (χ0v) is 15.4. The molecule has 0 aliphatic carbocycles. The van der Waals surface area contributed by atoms with Crippen LogP contribution in [0, 0.1) is 0 Å². The first-order chi connectivity index (χ1) is 9.61. The van der Waals surface area contributed by atoms with Crippen LogP contribution < -0.4 is 0 Å². The largest absolute Gasteiger partial charge is 0.126 e. The number of rotatable bonds is 5. The second-order valence-electron chi connectivity index (χ2n) is 4.83. The second-order valence-corrected chi connectivity index (χ2v) is 7.14. The molecule has 0 atom stereocenters. The van der Waals surface area contributed by atoms with Gasteiger partial charge in [-0.3, -0.25) is 0 Å². The molecule has 0 spiro atoms. The van der Waals surface area contributed by atoms with Crippen molar-refractivity contribution < 1.29 is 0 Å². The highest BCUT2D eigenvalue weighted by molar-refractivity contribution is 9.10. The predicted octanol–water partition coefficient (Wildman–Crippen LogP) is 6.17. The number of hydrogen-bond donors (Lipinski definition) is 0. The lowest BCUT2D eigenvalue weighted by Gasteiger charge is -2.31. The van der Waals surface area contributed by atoms with Gasteiger partial charge in [-0.05, 0) is 35.7 Å². The minimum Gasteiger partial charge on any atom is -0.126 e. The van der Waals surface area contributed by atoms with E-state index >= 15 is 0 Å². The summed E-state index contributed by atoms with van der Waals surface area (Å²) in [6, 6.07) is 16.4. The lowest BCUT2D eigenvalue weighted by molar-refractivity contribution is 0.533. The molecule has 2 aromatic rings. The van der Waals surface area contributed by atoms with Gasteiger partial charge in [0.15, 0.2) is 0 Å². The minimum absolute atomic E-state index is 0.274. The van der Waals surface area contributed by atoms with Gasteiger partial charge in [0.1, 0.15) is 0 Å². The summed E-state index contributed by atoms with van der Waals surface area (Å²) in [4.78, 5) is 0. The Bertz CT molecular complexity index is 580. The summed E-state index contributed by atoms with van der Waals surface area (Å²) in [5.41, 5.74) is 2.10. The third-order valence-corrected chi connectivity index (χ3v) is 5.60. The van der Waals surface area contributed by atoms with Crippen molar-refractivity contribution in [3.05, 3.63) is 68.6 Å². The van der Waals surface area contributed by atoms with Gasteiger partial charge < -0.3 is 0 Å². The standard InChI is InChI=1S/C16H14Br2Cl2/c17-13-5-3-4-12(8-13)9-16(10-19,11-20)14-6-1-2-7-15(14)18/h1-8H,9-11H2. The molecule has 0 bridgehead atoms. The van der Waals surface area contributed by atoms with Gasteiger partial charge in [-0.2, -0.15) is 0 Å². The van der Waals surface area contributed by atoms with Gasteiger partial charge >= 0.3 is 0 Å². The maximum absolute atomic E-state index is 6.30. The van der Waals surface area contributed by atoms with Crippen LogP contribution in [0.25, 0.3) is 0 Å². The van der Waals surface area contributed by atoms with E-state index in [0.29, 0.717) is 11.8 Å². The van der Waals surface area contributed by atoms with Crippen molar-refractivity contribution in [2.75, 3.05) is 11.8 Å². The van der Waals surface area contributed by atoms with Crippen molar-refractivity contribution in [1.82, 2.24) is 0 Å². The van der Waals surface area contributed by atoms with Crippen molar-refractivity contribution in [2.45, 2.75) is 11.8 Å². The Morgan fingerprint density at radius 2 is 1.60 bits per heavy atom. The maximum atomic E-state index is 6.30. The van der Waals surface area contributed by atoms with Crippen LogP contribution in [0.4, 0.5) is 0 Å². The molecular formula is C16H14Br2Cl2. The topological polar surface area (TPSA) is 0 Å². The molecule has 0 aromatic heterocycles. The first-order valence-corrected chi connectivity index (χ1v) is 8.88. The van der Waals surface area contributed by atoms with Crippen LogP contribution in [0.5, 0.6) is 0 Å². The molecule has 0 aliphatic heterocycles. The van der Waals surface area contributed by atoms with Crippen LogP contribution in [0.15, 0.2) is 57.5 Å². The van der Waals surface area contributed by atoms with Crippen molar-refractivity contribution in [1.29, 1.82) is 0 Å². The summed E-state index contributed by atoms with van der Waals surface area (Å²) in [6.45, 7) is 0. The molecule has 2 rings (SSSR count). The smallest absolute Gasteiger partial charge is 0.0335 e. The van der Waals surface area contributed by atoms with Crippen LogP contribution in [0.1, 0.15) is 11.1 Å². The van der Waals surface area contributed by atoms with Gasteiger partial charge in [0, 0.05) is 26.1 Å². The molecular weight excluding hydrogens is 423 g/mol. The van der Waals surface area contributed by atoms with E-state index in [0.717, 1.165) is 20.9 Å². The molecule has 0 heterocycles. The molecule has 0 saturated carbocycles. The summed E-state index contributed by atoms with van der Waals surface area (Å²) >= 11 is 19.7. The Morgan fingerprint density at radius 1 is 0.900 bits per heavy atom. The fourth-order valence-electron chi connectivity index (χ4n) is 2.30. The lowest BCUT2D eigenvalue weighted by Crippen LogP contribution is -2.33. The van der Waals surface area contributed by atoms with Crippen molar-refractivity contribution in [2.24, 2.45) is 0 Å². The van der Waals surface area contributed by atoms with E-state index < -0.39 is 0 Å². The molecule has 0 nitrogen and oxygen atoms in total. The Labute approximate surface area is 146 Å². The van der Waals surface area contributed by atoms with E-state index in [-0.39, 0.29) is 5.41 Å². The molecule has 4 heteroatoms. The van der Waals surface area contributed by atoms with Gasteiger partial charge in [-0.15, -0.1) is 23.2 Å². The number of halogens is 4. The van der Waals surface area contributed by atoms with Crippen molar-refractivity contribution in [3.63, 3.8) is 0 Å². The number of benzene rings is 2. The minimum atomic E-state index is -0.274. The Balaban J connectivity index is 2.42. The van der Waals surface area contributed by atoms with Gasteiger partial charge in [-0.1, -0.05) is 62.2 Å². The van der Waals surface area contributed by atoms with Crippen molar-refractivity contribution >= 4 is 55.1 Å². The molecule has 0 saturated heterocycles. The van der Waals surface area contributed by atoms with Crippen LogP contribution in [0.2, 0.25) is 0 Å². The van der Waals surface area contributed by atoms with Gasteiger partial charge in [-0.25, -0.2) is 0 Å². The molecule has 0 amide bonds. The van der Waals surface area contributed by atoms with Crippen molar-refractivity contribution in [3.8, 4) is 0 Å². The highest BCUT2D eigenvalue weighted by Crippen LogP contribution is 2.36. The first-order valence-electron chi connectivity index (χ1n) is 6.23. The molecule has 0 N–H and O–H groups in total. The SMILES string of the molecule is ClCC(CCl)(Cc1cccc(Br)c1)c1ccccc1Br. The molecule has 0 fully saturated rings. The average molecular weight is 437 g/mol. The van der Waals surface area contributed by atoms with Crippen LogP contribution in [0.3, 0.4) is 0 Å². The Hall–Kier alpha value is -0.0200. The van der Waals surface area contributed by atoms with E-state index in [1.54, 1.807) is 0 Å². The molecule has 106 valence electrons. The van der Waals surface area contributed by atoms with Crippen LogP contribution in [-0.2, 0) is 11.8 Å². The van der Waals surface area contributed by atoms with Gasteiger partial charge in [0.2, 0.25) is 0 Å². The highest BCUT2D eigenvalue weighted by Gasteiger charge is 2.32. The summed E-state index contributed by atoms with van der Waals surface area (Å²) in [6.07, 6.45) is 0.808. The quantitative estimate of drug-likeness (QED) is 0.491. The zero-order valence-electron chi connectivity index (χ0n) is 10.8. The van der Waals surface area contributed by atoms with Crippen LogP contribution >= 0.6 is 55.1 Å². The van der Waals surface area contributed by atoms with E-state index in [4.69, 9.17) is 23.2 Å². The summed E-state index contributed by atoms with van der Waals surface area (Å²) in [5, 5.41) is 0. The molecule has 0 unspecified atom stereocenters. The number of hydrogen-bond acceptors (Lipinski definition) is 0. The van der Waals surface area contributed by atoms with E-state index in [1.807, 2.05) is 30.3 Å². The summed E-state index contributed by atoms with van der Waals surface area (Å²) in [7, 11) is 0.